The molecule has 2 amide bonds. The van der Waals surface area contributed by atoms with E-state index in [4.69, 9.17) is 5.73 Å². The molecule has 0 aromatic heterocycles. The number of rotatable bonds is 9. The summed E-state index contributed by atoms with van der Waals surface area (Å²) in [6.45, 7) is 5.47. The summed E-state index contributed by atoms with van der Waals surface area (Å²) in [7, 11) is 0. The number of halogens is 1. The highest BCUT2D eigenvalue weighted by molar-refractivity contribution is 5.80. The van der Waals surface area contributed by atoms with Crippen LogP contribution in [0.2, 0.25) is 0 Å². The molecule has 1 saturated carbocycles. The summed E-state index contributed by atoms with van der Waals surface area (Å²) in [5, 5.41) is 3.03. The molecule has 1 fully saturated rings. The van der Waals surface area contributed by atoms with Crippen LogP contribution in [-0.2, 0) is 15.0 Å². The third-order valence-electron chi connectivity index (χ3n) is 5.01. The average Bonchev–Trinajstić information content (AvgIpc) is 3.02. The fourth-order valence-corrected chi connectivity index (χ4v) is 3.87. The summed E-state index contributed by atoms with van der Waals surface area (Å²) in [5.41, 5.74) is 6.23. The Balaban J connectivity index is 1.98. The minimum atomic E-state index is -0.433. The Labute approximate surface area is 155 Å². The smallest absolute Gasteiger partial charge is 0.234 e. The summed E-state index contributed by atoms with van der Waals surface area (Å²) >= 11 is 0. The fourth-order valence-electron chi connectivity index (χ4n) is 3.87. The fraction of sp³-hybridized carbons (Fsp3) is 0.600. The molecule has 5 nitrogen and oxygen atoms in total. The molecule has 0 spiro atoms. The molecule has 1 aliphatic rings. The van der Waals surface area contributed by atoms with Crippen molar-refractivity contribution in [2.24, 2.45) is 11.7 Å². The van der Waals surface area contributed by atoms with Crippen molar-refractivity contribution in [2.75, 3.05) is 26.2 Å². The van der Waals surface area contributed by atoms with Crippen LogP contribution in [0, 0.1) is 11.7 Å². The first-order chi connectivity index (χ1) is 12.3. The van der Waals surface area contributed by atoms with E-state index in [1.807, 2.05) is 26.0 Å². The highest BCUT2D eigenvalue weighted by Crippen LogP contribution is 2.40. The van der Waals surface area contributed by atoms with Crippen LogP contribution in [0.5, 0.6) is 0 Å². The van der Waals surface area contributed by atoms with Gasteiger partial charge in [0.25, 0.3) is 0 Å². The van der Waals surface area contributed by atoms with Gasteiger partial charge in [-0.05, 0) is 36.5 Å². The van der Waals surface area contributed by atoms with Gasteiger partial charge in [-0.15, -0.1) is 0 Å². The molecule has 6 heteroatoms. The number of nitrogens with one attached hydrogen (secondary N) is 1. The molecular weight excluding hydrogens is 333 g/mol. The molecule has 1 aromatic rings. The molecule has 0 saturated heterocycles. The molecule has 1 aliphatic carbocycles. The summed E-state index contributed by atoms with van der Waals surface area (Å²) in [5.74, 6) is -0.457. The predicted molar refractivity (Wildman–Crippen MR) is 100 cm³/mol. The molecule has 0 atom stereocenters. The zero-order valence-electron chi connectivity index (χ0n) is 15.8. The number of amides is 2. The van der Waals surface area contributed by atoms with Gasteiger partial charge in [0, 0.05) is 18.5 Å². The maximum absolute atomic E-state index is 13.3. The SMILES string of the molecule is CC(C)CN(CC(N)=O)CC(=O)NCC1(c2ccc(F)cc2)CCCC1. The van der Waals surface area contributed by atoms with Crippen LogP contribution in [0.4, 0.5) is 4.39 Å². The van der Waals surface area contributed by atoms with Gasteiger partial charge in [0.15, 0.2) is 0 Å². The Hall–Kier alpha value is -1.95. The largest absolute Gasteiger partial charge is 0.369 e. The second-order valence-electron chi connectivity index (χ2n) is 7.80. The van der Waals surface area contributed by atoms with Crippen molar-refractivity contribution in [3.63, 3.8) is 0 Å². The molecule has 0 bridgehead atoms. The van der Waals surface area contributed by atoms with E-state index in [9.17, 15) is 14.0 Å². The van der Waals surface area contributed by atoms with E-state index < -0.39 is 5.91 Å². The number of primary amides is 1. The van der Waals surface area contributed by atoms with Gasteiger partial charge < -0.3 is 11.1 Å². The van der Waals surface area contributed by atoms with Crippen LogP contribution < -0.4 is 11.1 Å². The lowest BCUT2D eigenvalue weighted by Gasteiger charge is -2.31. The number of hydrogen-bond acceptors (Lipinski definition) is 3. The summed E-state index contributed by atoms with van der Waals surface area (Å²) in [6.07, 6.45) is 4.18. The van der Waals surface area contributed by atoms with Crippen molar-refractivity contribution in [3.05, 3.63) is 35.6 Å². The first-order valence-corrected chi connectivity index (χ1v) is 9.34. The zero-order valence-corrected chi connectivity index (χ0v) is 15.8. The van der Waals surface area contributed by atoms with Gasteiger partial charge in [0.1, 0.15) is 5.82 Å². The lowest BCUT2D eigenvalue weighted by molar-refractivity contribution is -0.124. The van der Waals surface area contributed by atoms with E-state index in [0.717, 1.165) is 31.2 Å². The van der Waals surface area contributed by atoms with Crippen molar-refractivity contribution < 1.29 is 14.0 Å². The lowest BCUT2D eigenvalue weighted by atomic mass is 9.79. The number of nitrogens with zero attached hydrogens (tertiary/aromatic N) is 1. The predicted octanol–water partition coefficient (Wildman–Crippen LogP) is 2.20. The zero-order chi connectivity index (χ0) is 19.2. The highest BCUT2D eigenvalue weighted by Gasteiger charge is 2.36. The van der Waals surface area contributed by atoms with Crippen LogP contribution in [0.1, 0.15) is 45.1 Å². The molecule has 0 heterocycles. The minimum Gasteiger partial charge on any atom is -0.369 e. The molecule has 0 unspecified atom stereocenters. The van der Waals surface area contributed by atoms with Crippen molar-refractivity contribution in [1.82, 2.24) is 10.2 Å². The topological polar surface area (TPSA) is 75.4 Å². The third kappa shape index (κ3) is 5.80. The number of hydrogen-bond donors (Lipinski definition) is 2. The maximum Gasteiger partial charge on any atom is 0.234 e. The second kappa shape index (κ2) is 9.12. The van der Waals surface area contributed by atoms with Crippen molar-refractivity contribution in [1.29, 1.82) is 0 Å². The van der Waals surface area contributed by atoms with Crippen LogP contribution in [0.3, 0.4) is 0 Å². The first kappa shape index (κ1) is 20.4. The van der Waals surface area contributed by atoms with Crippen molar-refractivity contribution >= 4 is 11.8 Å². The molecule has 144 valence electrons. The summed E-state index contributed by atoms with van der Waals surface area (Å²) in [6, 6.07) is 6.61. The monoisotopic (exact) mass is 363 g/mol. The Morgan fingerprint density at radius 2 is 1.81 bits per heavy atom. The second-order valence-corrected chi connectivity index (χ2v) is 7.80. The number of nitrogens with two attached hydrogens (primary N) is 1. The molecule has 0 radical (unpaired) electrons. The third-order valence-corrected chi connectivity index (χ3v) is 5.01. The maximum atomic E-state index is 13.3. The van der Waals surface area contributed by atoms with E-state index >= 15 is 0 Å². The van der Waals surface area contributed by atoms with Gasteiger partial charge >= 0.3 is 0 Å². The van der Waals surface area contributed by atoms with Crippen LogP contribution in [0.25, 0.3) is 0 Å². The Bertz CT molecular complexity index is 610. The molecule has 26 heavy (non-hydrogen) atoms. The molecule has 0 aliphatic heterocycles. The van der Waals surface area contributed by atoms with Gasteiger partial charge in [-0.1, -0.05) is 38.8 Å². The van der Waals surface area contributed by atoms with Crippen LogP contribution >= 0.6 is 0 Å². The Kier molecular flexibility index (Phi) is 7.14. The molecule has 2 rings (SSSR count). The van der Waals surface area contributed by atoms with E-state index in [-0.39, 0.29) is 30.2 Å². The molecule has 3 N–H and O–H groups in total. The number of carbonyl (C=O) groups is 2. The summed E-state index contributed by atoms with van der Waals surface area (Å²) in [4.78, 5) is 25.4. The van der Waals surface area contributed by atoms with E-state index in [1.165, 1.54) is 12.1 Å². The Morgan fingerprint density at radius 3 is 2.35 bits per heavy atom. The molecule has 1 aromatic carbocycles. The normalized spacial score (nSPS) is 16.2. The Morgan fingerprint density at radius 1 is 1.19 bits per heavy atom. The highest BCUT2D eigenvalue weighted by atomic mass is 19.1. The van der Waals surface area contributed by atoms with Crippen molar-refractivity contribution in [2.45, 2.75) is 44.9 Å². The van der Waals surface area contributed by atoms with Crippen LogP contribution in [0.15, 0.2) is 24.3 Å². The van der Waals surface area contributed by atoms with Gasteiger partial charge in [-0.3, -0.25) is 14.5 Å². The summed E-state index contributed by atoms with van der Waals surface area (Å²) < 4.78 is 13.3. The number of benzene rings is 1. The molecular formula is C20H30FN3O2. The van der Waals surface area contributed by atoms with Crippen LogP contribution in [-0.4, -0.2) is 42.9 Å². The average molecular weight is 363 g/mol. The van der Waals surface area contributed by atoms with Crippen molar-refractivity contribution in [3.8, 4) is 0 Å². The van der Waals surface area contributed by atoms with Gasteiger partial charge in [-0.25, -0.2) is 4.39 Å². The van der Waals surface area contributed by atoms with Gasteiger partial charge in [-0.2, -0.15) is 0 Å². The van der Waals surface area contributed by atoms with Gasteiger partial charge in [0.2, 0.25) is 11.8 Å². The van der Waals surface area contributed by atoms with E-state index in [1.54, 1.807) is 4.90 Å². The first-order valence-electron chi connectivity index (χ1n) is 9.34. The minimum absolute atomic E-state index is 0.0781. The van der Waals surface area contributed by atoms with Gasteiger partial charge in [0.05, 0.1) is 13.1 Å². The quantitative estimate of drug-likeness (QED) is 0.706. The van der Waals surface area contributed by atoms with E-state index in [0.29, 0.717) is 19.0 Å². The standard InChI is InChI=1S/C20H30FN3O2/c1-15(2)11-24(12-18(22)25)13-19(26)23-14-20(9-3-4-10-20)16-5-7-17(21)8-6-16/h5-8,15H,3-4,9-14H2,1-2H3,(H2,22,25)(H,23,26). The van der Waals surface area contributed by atoms with E-state index in [2.05, 4.69) is 5.32 Å². The lowest BCUT2D eigenvalue weighted by Crippen LogP contribution is -2.46. The number of carbonyl (C=O) groups excluding carboxylic acids is 2.